The Kier molecular flexibility index (Phi) is 6.57. The average molecular weight is 389 g/mol. The zero-order chi connectivity index (χ0) is 20.5. The summed E-state index contributed by atoms with van der Waals surface area (Å²) in [4.78, 5) is 28.5. The summed E-state index contributed by atoms with van der Waals surface area (Å²) in [7, 11) is 0. The quantitative estimate of drug-likeness (QED) is 0.351. The van der Waals surface area contributed by atoms with Gasteiger partial charge in [-0.25, -0.2) is 14.7 Å². The molecule has 0 aliphatic carbocycles. The van der Waals surface area contributed by atoms with Gasteiger partial charge in [0.05, 0.1) is 11.4 Å². The summed E-state index contributed by atoms with van der Waals surface area (Å²) in [5.74, 6) is -1.56. The fourth-order valence-electron chi connectivity index (χ4n) is 2.22. The summed E-state index contributed by atoms with van der Waals surface area (Å²) in [6.45, 7) is 0. The lowest BCUT2D eigenvalue weighted by Gasteiger charge is -2.04. The second-order valence-electron chi connectivity index (χ2n) is 5.83. The first-order chi connectivity index (χ1) is 14.1. The van der Waals surface area contributed by atoms with Crippen LogP contribution in [0.2, 0.25) is 0 Å². The summed E-state index contributed by atoms with van der Waals surface area (Å²) in [6.07, 6.45) is 2.96. The molecule has 1 amide bonds. The molecule has 7 heteroatoms. The van der Waals surface area contributed by atoms with Crippen LogP contribution < -0.4 is 5.48 Å². The Morgan fingerprint density at radius 1 is 0.897 bits per heavy atom. The fraction of sp³-hybridized carbons (Fsp3) is 0. The van der Waals surface area contributed by atoms with Crippen molar-refractivity contribution in [1.29, 1.82) is 0 Å². The van der Waals surface area contributed by atoms with Crippen molar-refractivity contribution in [2.24, 2.45) is 10.2 Å². The molecule has 0 unspecified atom stereocenters. The topological polar surface area (TPSA) is 80.1 Å². The Morgan fingerprint density at radius 3 is 2.28 bits per heavy atom. The number of amides is 1. The Balaban J connectivity index is 1.50. The molecule has 0 spiro atoms. The lowest BCUT2D eigenvalue weighted by atomic mass is 10.2. The van der Waals surface area contributed by atoms with E-state index in [-0.39, 0.29) is 5.56 Å². The number of nitrogens with zero attached hydrogens (tertiary/aromatic N) is 2. The van der Waals surface area contributed by atoms with Gasteiger partial charge in [-0.1, -0.05) is 30.3 Å². The van der Waals surface area contributed by atoms with E-state index in [1.54, 1.807) is 30.3 Å². The zero-order valence-electron chi connectivity index (χ0n) is 15.2. The van der Waals surface area contributed by atoms with Crippen molar-refractivity contribution in [3.05, 3.63) is 102 Å². The van der Waals surface area contributed by atoms with E-state index in [1.807, 2.05) is 30.3 Å². The molecular weight excluding hydrogens is 373 g/mol. The van der Waals surface area contributed by atoms with Crippen molar-refractivity contribution >= 4 is 29.3 Å². The molecule has 0 saturated heterocycles. The zero-order valence-corrected chi connectivity index (χ0v) is 15.2. The van der Waals surface area contributed by atoms with Crippen LogP contribution >= 0.6 is 0 Å². The van der Waals surface area contributed by atoms with Crippen LogP contribution in [-0.4, -0.2) is 11.9 Å². The molecule has 29 heavy (non-hydrogen) atoms. The second-order valence-corrected chi connectivity index (χ2v) is 5.83. The number of nitrogens with one attached hydrogen (secondary N) is 1. The Hall–Kier alpha value is -4.13. The molecule has 3 rings (SSSR count). The Labute approximate surface area is 166 Å². The van der Waals surface area contributed by atoms with Crippen molar-refractivity contribution in [3.63, 3.8) is 0 Å². The number of hydrogen-bond acceptors (Lipinski definition) is 5. The average Bonchev–Trinajstić information content (AvgIpc) is 2.76. The lowest BCUT2D eigenvalue weighted by molar-refractivity contribution is -0.134. The van der Waals surface area contributed by atoms with Gasteiger partial charge < -0.3 is 4.84 Å². The molecule has 3 aromatic rings. The summed E-state index contributed by atoms with van der Waals surface area (Å²) < 4.78 is 12.9. The molecule has 3 aromatic carbocycles. The van der Waals surface area contributed by atoms with Gasteiger partial charge in [-0.3, -0.25) is 4.79 Å². The number of carbonyl (C=O) groups is 2. The third-order valence-electron chi connectivity index (χ3n) is 3.70. The number of hydrogen-bond donors (Lipinski definition) is 1. The first kappa shape index (κ1) is 19.6. The van der Waals surface area contributed by atoms with Crippen LogP contribution in [0.4, 0.5) is 15.8 Å². The third kappa shape index (κ3) is 6.21. The van der Waals surface area contributed by atoms with Gasteiger partial charge in [-0.2, -0.15) is 0 Å². The van der Waals surface area contributed by atoms with Crippen LogP contribution in [0.5, 0.6) is 0 Å². The van der Waals surface area contributed by atoms with E-state index in [0.29, 0.717) is 11.4 Å². The highest BCUT2D eigenvalue weighted by Crippen LogP contribution is 2.17. The number of halogens is 1. The maximum Gasteiger partial charge on any atom is 0.355 e. The third-order valence-corrected chi connectivity index (χ3v) is 3.70. The molecule has 144 valence electrons. The predicted octanol–water partition coefficient (Wildman–Crippen LogP) is 5.33. The highest BCUT2D eigenvalue weighted by Gasteiger charge is 2.04. The van der Waals surface area contributed by atoms with E-state index in [9.17, 15) is 14.0 Å². The van der Waals surface area contributed by atoms with Gasteiger partial charge in [0.1, 0.15) is 5.82 Å². The van der Waals surface area contributed by atoms with E-state index < -0.39 is 17.7 Å². The Bertz CT molecular complexity index is 1030. The first-order valence-corrected chi connectivity index (χ1v) is 8.62. The highest BCUT2D eigenvalue weighted by molar-refractivity contribution is 5.94. The van der Waals surface area contributed by atoms with Crippen molar-refractivity contribution in [2.45, 2.75) is 0 Å². The number of azo groups is 1. The minimum absolute atomic E-state index is 0.240. The maximum atomic E-state index is 12.9. The van der Waals surface area contributed by atoms with E-state index in [0.717, 1.165) is 5.56 Å². The molecule has 0 bridgehead atoms. The van der Waals surface area contributed by atoms with Crippen molar-refractivity contribution < 1.29 is 18.8 Å². The number of carbonyl (C=O) groups excluding carboxylic acids is 2. The molecule has 0 atom stereocenters. The van der Waals surface area contributed by atoms with Crippen molar-refractivity contribution in [2.75, 3.05) is 5.48 Å². The summed E-state index contributed by atoms with van der Waals surface area (Å²) >= 11 is 0. The van der Waals surface area contributed by atoms with Crippen molar-refractivity contribution in [1.82, 2.24) is 0 Å². The van der Waals surface area contributed by atoms with Gasteiger partial charge in [0.25, 0.3) is 5.91 Å². The lowest BCUT2D eigenvalue weighted by Crippen LogP contribution is -2.07. The minimum Gasteiger partial charge on any atom is -0.339 e. The monoisotopic (exact) mass is 389 g/mol. The van der Waals surface area contributed by atoms with Gasteiger partial charge in [0.2, 0.25) is 0 Å². The molecule has 0 radical (unpaired) electrons. The molecule has 0 aliphatic rings. The summed E-state index contributed by atoms with van der Waals surface area (Å²) in [5, 5.41) is 7.44. The smallest absolute Gasteiger partial charge is 0.339 e. The fourth-order valence-corrected chi connectivity index (χ4v) is 2.22. The molecule has 0 fully saturated rings. The van der Waals surface area contributed by atoms with Crippen molar-refractivity contribution in [3.8, 4) is 0 Å². The molecule has 0 aromatic heterocycles. The predicted molar refractivity (Wildman–Crippen MR) is 107 cm³/mol. The second kappa shape index (κ2) is 9.70. The molecule has 0 saturated carbocycles. The standard InChI is InChI=1S/C22H16FN3O3/c23-18-9-7-17(8-10-18)22(28)25-24-19-11-13-20(14-12-19)26-29-21(27)15-6-16-4-2-1-3-5-16/h1-15,26H. The largest absolute Gasteiger partial charge is 0.355 e. The van der Waals surface area contributed by atoms with Gasteiger partial charge in [-0.05, 0) is 60.2 Å². The Morgan fingerprint density at radius 2 is 1.59 bits per heavy atom. The van der Waals surface area contributed by atoms with Crippen LogP contribution in [0.25, 0.3) is 6.08 Å². The molecule has 0 heterocycles. The van der Waals surface area contributed by atoms with Crippen LogP contribution in [0.1, 0.15) is 15.9 Å². The SMILES string of the molecule is O=C(C=Cc1ccccc1)ONc1ccc(N=NC(=O)c2ccc(F)cc2)cc1. The van der Waals surface area contributed by atoms with E-state index in [2.05, 4.69) is 15.7 Å². The van der Waals surface area contributed by atoms with Crippen LogP contribution in [0.3, 0.4) is 0 Å². The number of anilines is 1. The van der Waals surface area contributed by atoms with Crippen LogP contribution in [0.15, 0.2) is 95.2 Å². The van der Waals surface area contributed by atoms with Crippen LogP contribution in [-0.2, 0) is 9.63 Å². The maximum absolute atomic E-state index is 12.9. The van der Waals surface area contributed by atoms with E-state index in [4.69, 9.17) is 4.84 Å². The van der Waals surface area contributed by atoms with Crippen LogP contribution in [0, 0.1) is 5.82 Å². The first-order valence-electron chi connectivity index (χ1n) is 8.62. The molecular formula is C22H16FN3O3. The van der Waals surface area contributed by atoms with Gasteiger partial charge in [-0.15, -0.1) is 10.2 Å². The normalized spacial score (nSPS) is 10.9. The molecule has 6 nitrogen and oxygen atoms in total. The summed E-state index contributed by atoms with van der Waals surface area (Å²) in [6, 6.07) is 20.8. The minimum atomic E-state index is -0.577. The number of rotatable bonds is 6. The van der Waals surface area contributed by atoms with E-state index >= 15 is 0 Å². The van der Waals surface area contributed by atoms with E-state index in [1.165, 1.54) is 30.3 Å². The number of benzene rings is 3. The van der Waals surface area contributed by atoms with Gasteiger partial charge in [0.15, 0.2) is 0 Å². The summed E-state index contributed by atoms with van der Waals surface area (Å²) in [5.41, 5.74) is 4.61. The molecule has 0 aliphatic heterocycles. The van der Waals surface area contributed by atoms with Gasteiger partial charge >= 0.3 is 5.97 Å². The molecule has 1 N–H and O–H groups in total. The highest BCUT2D eigenvalue weighted by atomic mass is 19.1. The van der Waals surface area contributed by atoms with Gasteiger partial charge in [0, 0.05) is 11.6 Å².